The Bertz CT molecular complexity index is 751. The van der Waals surface area contributed by atoms with Crippen molar-refractivity contribution in [1.82, 2.24) is 24.6 Å². The maximum atomic E-state index is 6.09. The van der Waals surface area contributed by atoms with Crippen molar-refractivity contribution in [1.29, 1.82) is 0 Å². The zero-order valence-corrected chi connectivity index (χ0v) is 20.2. The monoisotopic (exact) mass is 506 g/mol. The van der Waals surface area contributed by atoms with Crippen LogP contribution in [0.4, 0.5) is 0 Å². The van der Waals surface area contributed by atoms with Crippen LogP contribution in [0.2, 0.25) is 5.02 Å². The fraction of sp³-hybridized carbons (Fsp3) is 0.579. The molecule has 1 unspecified atom stereocenters. The fourth-order valence-corrected chi connectivity index (χ4v) is 3.24. The van der Waals surface area contributed by atoms with Crippen molar-refractivity contribution in [3.63, 3.8) is 0 Å². The van der Waals surface area contributed by atoms with E-state index in [0.29, 0.717) is 5.92 Å². The Balaban J connectivity index is 0.00000364. The predicted molar refractivity (Wildman–Crippen MR) is 124 cm³/mol. The number of rotatable bonds is 7. The van der Waals surface area contributed by atoms with E-state index in [1.807, 2.05) is 37.8 Å². The van der Waals surface area contributed by atoms with Crippen LogP contribution < -0.4 is 5.32 Å². The quantitative estimate of drug-likeness (QED) is 0.353. The Hall–Kier alpha value is -1.22. The van der Waals surface area contributed by atoms with Gasteiger partial charge >= 0.3 is 0 Å². The maximum absolute atomic E-state index is 6.09. The summed E-state index contributed by atoms with van der Waals surface area (Å²) in [6.45, 7) is 11.6. The van der Waals surface area contributed by atoms with Gasteiger partial charge in [-0.1, -0.05) is 18.5 Å². The third-order valence-electron chi connectivity index (χ3n) is 4.31. The van der Waals surface area contributed by atoms with Gasteiger partial charge in [-0.25, -0.2) is 0 Å². The summed E-state index contributed by atoms with van der Waals surface area (Å²) in [5.41, 5.74) is 3.41. The number of aryl methyl sites for hydroxylation is 3. The number of nitrogens with zero attached hydrogens (tertiary/aromatic N) is 5. The van der Waals surface area contributed by atoms with E-state index >= 15 is 0 Å². The molecule has 2 rings (SSSR count). The average Bonchev–Trinajstić information content (AvgIpc) is 3.04. The van der Waals surface area contributed by atoms with Crippen molar-refractivity contribution in [2.24, 2.45) is 18.0 Å². The van der Waals surface area contributed by atoms with Gasteiger partial charge in [-0.2, -0.15) is 5.10 Å². The summed E-state index contributed by atoms with van der Waals surface area (Å²) >= 11 is 6.09. The second-order valence-corrected chi connectivity index (χ2v) is 7.46. The van der Waals surface area contributed by atoms with Gasteiger partial charge in [-0.3, -0.25) is 9.67 Å². The van der Waals surface area contributed by atoms with Gasteiger partial charge in [0.1, 0.15) is 0 Å². The van der Waals surface area contributed by atoms with E-state index in [0.717, 1.165) is 48.5 Å². The molecule has 1 N–H and O–H groups in total. The highest BCUT2D eigenvalue weighted by Crippen LogP contribution is 2.14. The Morgan fingerprint density at radius 3 is 2.59 bits per heavy atom. The van der Waals surface area contributed by atoms with Crippen molar-refractivity contribution < 1.29 is 0 Å². The van der Waals surface area contributed by atoms with Gasteiger partial charge in [0.25, 0.3) is 0 Å². The fourth-order valence-electron chi connectivity index (χ4n) is 2.97. The molecule has 2 aromatic heterocycles. The van der Waals surface area contributed by atoms with E-state index < -0.39 is 0 Å². The van der Waals surface area contributed by atoms with Gasteiger partial charge in [0, 0.05) is 51.3 Å². The molecule has 152 valence electrons. The first kappa shape index (κ1) is 23.8. The molecule has 6 nitrogen and oxygen atoms in total. The third-order valence-corrected chi connectivity index (χ3v) is 4.52. The minimum Gasteiger partial charge on any atom is -0.357 e. The average molecular weight is 507 g/mol. The molecule has 0 saturated heterocycles. The summed E-state index contributed by atoms with van der Waals surface area (Å²) < 4.78 is 4.12. The first-order valence-corrected chi connectivity index (χ1v) is 9.49. The summed E-state index contributed by atoms with van der Waals surface area (Å²) in [5, 5.41) is 8.68. The van der Waals surface area contributed by atoms with Gasteiger partial charge in [0.15, 0.2) is 5.96 Å². The van der Waals surface area contributed by atoms with Crippen LogP contribution >= 0.6 is 35.6 Å². The van der Waals surface area contributed by atoms with Gasteiger partial charge in [0.2, 0.25) is 0 Å². The SMILES string of the molecule is CCNC(=NCC(C)Cn1nc(C)cc1C)N(C)Cc1cc(Cl)cn1C.I. The largest absolute Gasteiger partial charge is 0.357 e. The van der Waals surface area contributed by atoms with Crippen LogP contribution in [0.1, 0.15) is 30.9 Å². The molecule has 0 aliphatic carbocycles. The number of aliphatic imine (C=N–C) groups is 1. The van der Waals surface area contributed by atoms with E-state index in [9.17, 15) is 0 Å². The highest BCUT2D eigenvalue weighted by Gasteiger charge is 2.11. The molecule has 0 aliphatic rings. The first-order chi connectivity index (χ1) is 12.3. The van der Waals surface area contributed by atoms with Crippen molar-refractivity contribution in [3.05, 3.63) is 40.4 Å². The molecule has 0 radical (unpaired) electrons. The predicted octanol–water partition coefficient (Wildman–Crippen LogP) is 3.84. The van der Waals surface area contributed by atoms with E-state index in [1.54, 1.807) is 0 Å². The molecule has 0 amide bonds. The standard InChI is InChI=1S/C19H31ClN6.HI/c1-7-21-19(25(6)13-18-9-17(20)12-24(18)5)22-10-14(2)11-26-16(4)8-15(3)23-26;/h8-9,12,14H,7,10-11,13H2,1-6H3,(H,21,22);1H. The van der Waals surface area contributed by atoms with Crippen molar-refractivity contribution in [2.45, 2.75) is 40.8 Å². The second-order valence-electron chi connectivity index (χ2n) is 7.03. The topological polar surface area (TPSA) is 50.4 Å². The molecule has 1 atom stereocenters. The van der Waals surface area contributed by atoms with Crippen molar-refractivity contribution >= 4 is 41.5 Å². The van der Waals surface area contributed by atoms with Gasteiger partial charge in [-0.15, -0.1) is 24.0 Å². The minimum absolute atomic E-state index is 0. The zero-order chi connectivity index (χ0) is 19.3. The van der Waals surface area contributed by atoms with Crippen LogP contribution in [0.15, 0.2) is 23.3 Å². The molecule has 0 aromatic carbocycles. The minimum atomic E-state index is 0. The molecule has 2 heterocycles. The summed E-state index contributed by atoms with van der Waals surface area (Å²) in [4.78, 5) is 6.96. The molecule has 8 heteroatoms. The lowest BCUT2D eigenvalue weighted by Gasteiger charge is -2.23. The summed E-state index contributed by atoms with van der Waals surface area (Å²) in [7, 11) is 4.06. The molecule has 0 aliphatic heterocycles. The van der Waals surface area contributed by atoms with Crippen LogP contribution in [-0.2, 0) is 20.1 Å². The molecular weight excluding hydrogens is 475 g/mol. The van der Waals surface area contributed by atoms with Crippen LogP contribution in [0, 0.1) is 19.8 Å². The van der Waals surface area contributed by atoms with Crippen LogP contribution in [0.25, 0.3) is 0 Å². The molecule has 0 fully saturated rings. The normalized spacial score (nSPS) is 12.6. The molecule has 0 bridgehead atoms. The number of hydrogen-bond acceptors (Lipinski definition) is 2. The van der Waals surface area contributed by atoms with E-state index in [2.05, 4.69) is 46.8 Å². The van der Waals surface area contributed by atoms with Gasteiger partial charge < -0.3 is 14.8 Å². The van der Waals surface area contributed by atoms with Crippen LogP contribution in [-0.4, -0.2) is 45.3 Å². The number of guanidine groups is 1. The molecule has 27 heavy (non-hydrogen) atoms. The van der Waals surface area contributed by atoms with Crippen LogP contribution in [0.5, 0.6) is 0 Å². The smallest absolute Gasteiger partial charge is 0.194 e. The Kier molecular flexibility index (Phi) is 9.66. The lowest BCUT2D eigenvalue weighted by Crippen LogP contribution is -2.39. The number of aromatic nitrogens is 3. The summed E-state index contributed by atoms with van der Waals surface area (Å²) in [6, 6.07) is 4.10. The van der Waals surface area contributed by atoms with E-state index in [-0.39, 0.29) is 24.0 Å². The third kappa shape index (κ3) is 7.03. The molecule has 0 saturated carbocycles. The maximum Gasteiger partial charge on any atom is 0.194 e. The molecule has 0 spiro atoms. The van der Waals surface area contributed by atoms with E-state index in [4.69, 9.17) is 16.6 Å². The van der Waals surface area contributed by atoms with Gasteiger partial charge in [0.05, 0.1) is 17.3 Å². The number of nitrogens with one attached hydrogen (secondary N) is 1. The highest BCUT2D eigenvalue weighted by molar-refractivity contribution is 14.0. The second kappa shape index (κ2) is 10.9. The highest BCUT2D eigenvalue weighted by atomic mass is 127. The zero-order valence-electron chi connectivity index (χ0n) is 17.2. The lowest BCUT2D eigenvalue weighted by molar-refractivity contribution is 0.435. The Morgan fingerprint density at radius 1 is 1.37 bits per heavy atom. The summed E-state index contributed by atoms with van der Waals surface area (Å²) in [5.74, 6) is 1.31. The van der Waals surface area contributed by atoms with Crippen LogP contribution in [0.3, 0.4) is 0 Å². The molecular formula is C19H32ClIN6. The number of halogens is 2. The van der Waals surface area contributed by atoms with Gasteiger partial charge in [-0.05, 0) is 38.8 Å². The summed E-state index contributed by atoms with van der Waals surface area (Å²) in [6.07, 6.45) is 1.92. The van der Waals surface area contributed by atoms with Crippen molar-refractivity contribution in [3.8, 4) is 0 Å². The van der Waals surface area contributed by atoms with E-state index in [1.165, 1.54) is 5.69 Å². The lowest BCUT2D eigenvalue weighted by atomic mass is 10.2. The Labute approximate surface area is 185 Å². The first-order valence-electron chi connectivity index (χ1n) is 9.11. The Morgan fingerprint density at radius 2 is 2.07 bits per heavy atom. The molecule has 2 aromatic rings. The van der Waals surface area contributed by atoms with Crippen molar-refractivity contribution in [2.75, 3.05) is 20.1 Å². The number of hydrogen-bond donors (Lipinski definition) is 1.